The van der Waals surface area contributed by atoms with Crippen LogP contribution in [0.5, 0.6) is 0 Å². The Morgan fingerprint density at radius 1 is 1.07 bits per heavy atom. The van der Waals surface area contributed by atoms with Crippen molar-refractivity contribution in [3.63, 3.8) is 0 Å². The Hall–Kier alpha value is -2.92. The Bertz CT molecular complexity index is 902. The molecule has 1 amide bonds. The first kappa shape index (κ1) is 17.5. The zero-order valence-corrected chi connectivity index (χ0v) is 15.0. The Morgan fingerprint density at radius 2 is 1.74 bits per heavy atom. The highest BCUT2D eigenvalue weighted by Crippen LogP contribution is 2.50. The van der Waals surface area contributed by atoms with Gasteiger partial charge >= 0.3 is 0 Å². The minimum absolute atomic E-state index is 0.00770. The summed E-state index contributed by atoms with van der Waals surface area (Å²) in [5.41, 5.74) is 2.04. The maximum absolute atomic E-state index is 13.3. The van der Waals surface area contributed by atoms with E-state index in [1.807, 2.05) is 66.7 Å². The number of aliphatic hydroxyl groups excluding tert-OH is 1. The summed E-state index contributed by atoms with van der Waals surface area (Å²) in [4.78, 5) is 15.0. The molecule has 2 aromatic carbocycles. The van der Waals surface area contributed by atoms with E-state index in [0.717, 1.165) is 24.0 Å². The van der Waals surface area contributed by atoms with Crippen molar-refractivity contribution in [1.82, 2.24) is 10.1 Å². The molecule has 27 heavy (non-hydrogen) atoms. The van der Waals surface area contributed by atoms with Gasteiger partial charge in [0.25, 0.3) is 0 Å². The van der Waals surface area contributed by atoms with Crippen LogP contribution in [0, 0.1) is 0 Å². The number of hydrogen-bond acceptors (Lipinski definition) is 4. The number of aliphatic hydroxyl groups is 1. The molecule has 0 aliphatic heterocycles. The molecule has 1 aliphatic carbocycles. The lowest BCUT2D eigenvalue weighted by atomic mass is 9.99. The SMILES string of the molecule is O=C(N(CCO)Cc1ccccc1)C1(c2cc(-c3ccccc3)on2)CC1. The maximum atomic E-state index is 13.3. The Kier molecular flexibility index (Phi) is 4.77. The largest absolute Gasteiger partial charge is 0.395 e. The number of hydrogen-bond donors (Lipinski definition) is 1. The smallest absolute Gasteiger partial charge is 0.235 e. The van der Waals surface area contributed by atoms with Gasteiger partial charge < -0.3 is 14.5 Å². The third-order valence-electron chi connectivity index (χ3n) is 5.09. The number of carbonyl (C=O) groups excluding carboxylic acids is 1. The second-order valence-electron chi connectivity index (χ2n) is 6.96. The zero-order valence-electron chi connectivity index (χ0n) is 15.0. The molecule has 1 N–H and O–H groups in total. The monoisotopic (exact) mass is 362 g/mol. The van der Waals surface area contributed by atoms with Crippen molar-refractivity contribution < 1.29 is 14.4 Å². The first-order valence-corrected chi connectivity index (χ1v) is 9.20. The molecule has 1 heterocycles. The van der Waals surface area contributed by atoms with Crippen LogP contribution in [0.25, 0.3) is 11.3 Å². The van der Waals surface area contributed by atoms with Crippen LogP contribution in [0.15, 0.2) is 71.3 Å². The van der Waals surface area contributed by atoms with Gasteiger partial charge in [0.05, 0.1) is 17.7 Å². The number of nitrogens with zero attached hydrogens (tertiary/aromatic N) is 2. The van der Waals surface area contributed by atoms with Crippen molar-refractivity contribution in [3.8, 4) is 11.3 Å². The molecule has 0 radical (unpaired) electrons. The normalized spacial score (nSPS) is 14.7. The molecule has 5 nitrogen and oxygen atoms in total. The van der Waals surface area contributed by atoms with E-state index < -0.39 is 5.41 Å². The second kappa shape index (κ2) is 7.37. The fourth-order valence-electron chi connectivity index (χ4n) is 3.42. The molecule has 0 bridgehead atoms. The van der Waals surface area contributed by atoms with Crippen molar-refractivity contribution in [2.45, 2.75) is 24.8 Å². The average molecular weight is 362 g/mol. The summed E-state index contributed by atoms with van der Waals surface area (Å²) in [6.07, 6.45) is 1.51. The van der Waals surface area contributed by atoms with Crippen molar-refractivity contribution in [1.29, 1.82) is 0 Å². The van der Waals surface area contributed by atoms with E-state index in [4.69, 9.17) is 4.52 Å². The molecule has 138 valence electrons. The van der Waals surface area contributed by atoms with Gasteiger partial charge in [-0.1, -0.05) is 65.8 Å². The zero-order chi connectivity index (χ0) is 18.7. The molecule has 0 spiro atoms. The van der Waals surface area contributed by atoms with Gasteiger partial charge in [0.1, 0.15) is 0 Å². The van der Waals surface area contributed by atoms with Gasteiger partial charge in [-0.3, -0.25) is 4.79 Å². The van der Waals surface area contributed by atoms with Gasteiger partial charge in [-0.2, -0.15) is 0 Å². The highest BCUT2D eigenvalue weighted by molar-refractivity contribution is 5.91. The summed E-state index contributed by atoms with van der Waals surface area (Å²) in [5.74, 6) is 0.676. The summed E-state index contributed by atoms with van der Waals surface area (Å²) in [5, 5.41) is 13.7. The van der Waals surface area contributed by atoms with Crippen LogP contribution in [0.4, 0.5) is 0 Å². The number of amides is 1. The molecule has 1 saturated carbocycles. The lowest BCUT2D eigenvalue weighted by molar-refractivity contribution is -0.135. The average Bonchev–Trinajstić information content (AvgIpc) is 3.38. The lowest BCUT2D eigenvalue weighted by Gasteiger charge is -2.26. The lowest BCUT2D eigenvalue weighted by Crippen LogP contribution is -2.40. The first-order chi connectivity index (χ1) is 13.2. The predicted octanol–water partition coefficient (Wildman–Crippen LogP) is 3.39. The molecule has 0 atom stereocenters. The van der Waals surface area contributed by atoms with Crippen LogP contribution in [0.3, 0.4) is 0 Å². The third-order valence-corrected chi connectivity index (χ3v) is 5.09. The summed E-state index contributed by atoms with van der Waals surface area (Å²) >= 11 is 0. The summed E-state index contributed by atoms with van der Waals surface area (Å²) in [7, 11) is 0. The molecule has 0 unspecified atom stereocenters. The van der Waals surface area contributed by atoms with Crippen LogP contribution in [-0.4, -0.2) is 34.2 Å². The molecule has 5 heteroatoms. The van der Waals surface area contributed by atoms with Crippen molar-refractivity contribution in [2.24, 2.45) is 0 Å². The van der Waals surface area contributed by atoms with Crippen LogP contribution >= 0.6 is 0 Å². The van der Waals surface area contributed by atoms with E-state index in [0.29, 0.717) is 24.5 Å². The van der Waals surface area contributed by atoms with Crippen molar-refractivity contribution >= 4 is 5.91 Å². The number of rotatable bonds is 7. The van der Waals surface area contributed by atoms with Gasteiger partial charge in [-0.05, 0) is 18.4 Å². The van der Waals surface area contributed by atoms with Crippen LogP contribution in [-0.2, 0) is 16.8 Å². The highest BCUT2D eigenvalue weighted by Gasteiger charge is 2.55. The summed E-state index contributed by atoms with van der Waals surface area (Å²) < 4.78 is 5.52. The van der Waals surface area contributed by atoms with Crippen LogP contribution in [0.1, 0.15) is 24.1 Å². The van der Waals surface area contributed by atoms with E-state index in [1.165, 1.54) is 0 Å². The first-order valence-electron chi connectivity index (χ1n) is 9.20. The minimum Gasteiger partial charge on any atom is -0.395 e. The Labute approximate surface area is 158 Å². The van der Waals surface area contributed by atoms with E-state index >= 15 is 0 Å². The van der Waals surface area contributed by atoms with Gasteiger partial charge in [0.15, 0.2) is 5.76 Å². The number of carbonyl (C=O) groups is 1. The van der Waals surface area contributed by atoms with Crippen molar-refractivity contribution in [2.75, 3.05) is 13.2 Å². The molecule has 1 aromatic heterocycles. The van der Waals surface area contributed by atoms with Gasteiger partial charge in [-0.15, -0.1) is 0 Å². The van der Waals surface area contributed by atoms with E-state index in [-0.39, 0.29) is 12.5 Å². The Balaban J connectivity index is 1.57. The molecule has 4 rings (SSSR count). The fourth-order valence-corrected chi connectivity index (χ4v) is 3.42. The van der Waals surface area contributed by atoms with E-state index in [1.54, 1.807) is 4.90 Å². The minimum atomic E-state index is -0.625. The number of aromatic nitrogens is 1. The molecular formula is C22H22N2O3. The van der Waals surface area contributed by atoms with Crippen LogP contribution < -0.4 is 0 Å². The number of benzene rings is 2. The third kappa shape index (κ3) is 3.51. The fraction of sp³-hybridized carbons (Fsp3) is 0.273. The van der Waals surface area contributed by atoms with Gasteiger partial charge in [0.2, 0.25) is 5.91 Å². The molecule has 1 aliphatic rings. The quantitative estimate of drug-likeness (QED) is 0.700. The standard InChI is InChI=1S/C22H22N2O3/c25-14-13-24(16-17-7-3-1-4-8-17)21(26)22(11-12-22)20-15-19(27-23-20)18-9-5-2-6-10-18/h1-10,15,25H,11-14,16H2. The van der Waals surface area contributed by atoms with Crippen molar-refractivity contribution in [3.05, 3.63) is 78.0 Å². The topological polar surface area (TPSA) is 66.6 Å². The van der Waals surface area contributed by atoms with Gasteiger partial charge in [0, 0.05) is 24.7 Å². The van der Waals surface area contributed by atoms with E-state index in [2.05, 4.69) is 5.16 Å². The maximum Gasteiger partial charge on any atom is 0.235 e. The summed E-state index contributed by atoms with van der Waals surface area (Å²) in [6, 6.07) is 21.4. The predicted molar refractivity (Wildman–Crippen MR) is 102 cm³/mol. The van der Waals surface area contributed by atoms with E-state index in [9.17, 15) is 9.90 Å². The summed E-state index contributed by atoms with van der Waals surface area (Å²) in [6.45, 7) is 0.715. The highest BCUT2D eigenvalue weighted by atomic mass is 16.5. The van der Waals surface area contributed by atoms with Crippen LogP contribution in [0.2, 0.25) is 0 Å². The molecule has 0 saturated heterocycles. The molecule has 3 aromatic rings. The second-order valence-corrected chi connectivity index (χ2v) is 6.96. The molecular weight excluding hydrogens is 340 g/mol. The Morgan fingerprint density at radius 3 is 2.37 bits per heavy atom. The molecule has 1 fully saturated rings. The van der Waals surface area contributed by atoms with Gasteiger partial charge in [-0.25, -0.2) is 0 Å².